The lowest BCUT2D eigenvalue weighted by molar-refractivity contribution is 0.304. The Kier molecular flexibility index (Phi) is 4.94. The third-order valence-corrected chi connectivity index (χ3v) is 7.78. The first-order valence-corrected chi connectivity index (χ1v) is 11.1. The van der Waals surface area contributed by atoms with Gasteiger partial charge in [0.1, 0.15) is 5.82 Å². The second-order valence-electron chi connectivity index (χ2n) is 7.56. The van der Waals surface area contributed by atoms with Crippen molar-refractivity contribution in [3.05, 3.63) is 46.6 Å². The molecule has 0 bridgehead atoms. The van der Waals surface area contributed by atoms with Crippen LogP contribution in [0.4, 0.5) is 0 Å². The van der Waals surface area contributed by atoms with Crippen LogP contribution in [0.25, 0.3) is 0 Å². The number of hydrogen-bond acceptors (Lipinski definition) is 4. The molecule has 27 heavy (non-hydrogen) atoms. The lowest BCUT2D eigenvalue weighted by Crippen LogP contribution is -2.38. The molecule has 0 unspecified atom stereocenters. The van der Waals surface area contributed by atoms with Crippen molar-refractivity contribution in [3.63, 3.8) is 0 Å². The molecule has 8 heteroatoms. The average Bonchev–Trinajstić information content (AvgIpc) is 3.31. The summed E-state index contributed by atoms with van der Waals surface area (Å²) in [5, 5.41) is 4.52. The molecule has 1 saturated heterocycles. The van der Waals surface area contributed by atoms with E-state index in [0.717, 1.165) is 31.5 Å². The smallest absolute Gasteiger partial charge is 0.276 e. The van der Waals surface area contributed by atoms with E-state index in [2.05, 4.69) is 5.10 Å². The number of hydrogen-bond donors (Lipinski definition) is 0. The van der Waals surface area contributed by atoms with E-state index in [-0.39, 0.29) is 17.6 Å². The Balaban J connectivity index is 1.54. The molecular weight excluding hydrogens is 364 g/mol. The molecule has 1 saturated carbocycles. The zero-order valence-corrected chi connectivity index (χ0v) is 16.4. The molecule has 2 heterocycles. The van der Waals surface area contributed by atoms with Crippen LogP contribution >= 0.6 is 0 Å². The van der Waals surface area contributed by atoms with Crippen LogP contribution in [-0.4, -0.2) is 40.2 Å². The molecule has 0 spiro atoms. The third-order valence-electron chi connectivity index (χ3n) is 5.87. The van der Waals surface area contributed by atoms with Gasteiger partial charge in [0.25, 0.3) is 0 Å². The zero-order chi connectivity index (χ0) is 19.0. The first-order valence-electron chi connectivity index (χ1n) is 9.69. The predicted octanol–water partition coefficient (Wildman–Crippen LogP) is 2.27. The van der Waals surface area contributed by atoms with Crippen LogP contribution in [0.5, 0.6) is 0 Å². The molecule has 0 N–H and O–H groups in total. The molecule has 1 aromatic carbocycles. The van der Waals surface area contributed by atoms with E-state index < -0.39 is 10.0 Å². The number of nitrogens with zero attached hydrogens (tertiary/aromatic N) is 4. The maximum atomic E-state index is 12.8. The van der Waals surface area contributed by atoms with Crippen LogP contribution in [0.3, 0.4) is 0 Å². The minimum atomic E-state index is -3.46. The fraction of sp³-hybridized carbons (Fsp3) is 0.579. The highest BCUT2D eigenvalue weighted by Gasteiger charge is 2.34. The van der Waals surface area contributed by atoms with Gasteiger partial charge in [-0.25, -0.2) is 17.9 Å². The Morgan fingerprint density at radius 2 is 1.63 bits per heavy atom. The highest BCUT2D eigenvalue weighted by molar-refractivity contribution is 7.89. The van der Waals surface area contributed by atoms with Crippen LogP contribution in [-0.2, 0) is 17.1 Å². The minimum Gasteiger partial charge on any atom is -0.276 e. The molecule has 0 amide bonds. The Hall–Kier alpha value is -1.93. The van der Waals surface area contributed by atoms with E-state index in [1.807, 2.05) is 10.6 Å². The summed E-state index contributed by atoms with van der Waals surface area (Å²) in [5.41, 5.74) is -0.0452. The molecule has 1 aliphatic carbocycles. The summed E-state index contributed by atoms with van der Waals surface area (Å²) in [4.78, 5) is 12.9. The molecule has 0 radical (unpaired) electrons. The summed E-state index contributed by atoms with van der Waals surface area (Å²) in [7, 11) is -1.76. The van der Waals surface area contributed by atoms with Crippen molar-refractivity contribution in [1.82, 2.24) is 18.7 Å². The van der Waals surface area contributed by atoms with Crippen LogP contribution in [0.1, 0.15) is 56.3 Å². The van der Waals surface area contributed by atoms with Gasteiger partial charge in [-0.05, 0) is 37.8 Å². The fourth-order valence-electron chi connectivity index (χ4n) is 4.38. The standard InChI is InChI=1S/C19H26N4O3S/c1-21-19(24)23(16-7-5-6-8-16)18(20-21)15-11-13-22(14-12-15)27(25,26)17-9-3-2-4-10-17/h2-4,9-10,15-16H,5-8,11-14H2,1H3. The summed E-state index contributed by atoms with van der Waals surface area (Å²) in [5.74, 6) is 0.966. The SMILES string of the molecule is Cn1nc(C2CCN(S(=O)(=O)c3ccccc3)CC2)n(C2CCCC2)c1=O. The topological polar surface area (TPSA) is 77.2 Å². The molecule has 1 aromatic heterocycles. The maximum absolute atomic E-state index is 12.8. The quantitative estimate of drug-likeness (QED) is 0.802. The van der Waals surface area contributed by atoms with Gasteiger partial charge >= 0.3 is 5.69 Å². The van der Waals surface area contributed by atoms with E-state index >= 15 is 0 Å². The predicted molar refractivity (Wildman–Crippen MR) is 102 cm³/mol. The summed E-state index contributed by atoms with van der Waals surface area (Å²) in [6.45, 7) is 0.911. The van der Waals surface area contributed by atoms with Crippen molar-refractivity contribution in [3.8, 4) is 0 Å². The lowest BCUT2D eigenvalue weighted by atomic mass is 9.97. The van der Waals surface area contributed by atoms with E-state index in [1.54, 1.807) is 35.6 Å². The molecule has 0 atom stereocenters. The van der Waals surface area contributed by atoms with Gasteiger partial charge < -0.3 is 0 Å². The van der Waals surface area contributed by atoms with E-state index in [4.69, 9.17) is 0 Å². The first-order chi connectivity index (χ1) is 13.0. The third kappa shape index (κ3) is 3.36. The molecule has 4 rings (SSSR count). The molecule has 1 aliphatic heterocycles. The summed E-state index contributed by atoms with van der Waals surface area (Å²) in [6, 6.07) is 8.82. The van der Waals surface area contributed by atoms with Gasteiger partial charge in [-0.15, -0.1) is 0 Å². The van der Waals surface area contributed by atoms with Crippen molar-refractivity contribution in [2.45, 2.75) is 55.4 Å². The van der Waals surface area contributed by atoms with E-state index in [0.29, 0.717) is 30.8 Å². The first kappa shape index (κ1) is 18.4. The minimum absolute atomic E-state index is 0.0452. The summed E-state index contributed by atoms with van der Waals surface area (Å²) >= 11 is 0. The lowest BCUT2D eigenvalue weighted by Gasteiger charge is -2.31. The van der Waals surface area contributed by atoms with Gasteiger partial charge in [0, 0.05) is 32.1 Å². The molecule has 7 nitrogen and oxygen atoms in total. The van der Waals surface area contributed by atoms with Crippen LogP contribution in [0.2, 0.25) is 0 Å². The molecule has 2 aromatic rings. The highest BCUT2D eigenvalue weighted by atomic mass is 32.2. The van der Waals surface area contributed by atoms with Crippen LogP contribution in [0.15, 0.2) is 40.0 Å². The molecular formula is C19H26N4O3S. The summed E-state index contributed by atoms with van der Waals surface area (Å²) in [6.07, 6.45) is 5.74. The monoisotopic (exact) mass is 390 g/mol. The van der Waals surface area contributed by atoms with Crippen molar-refractivity contribution in [2.24, 2.45) is 7.05 Å². The number of rotatable bonds is 4. The van der Waals surface area contributed by atoms with Crippen molar-refractivity contribution < 1.29 is 8.42 Å². The van der Waals surface area contributed by atoms with E-state index in [9.17, 15) is 13.2 Å². The Morgan fingerprint density at radius 3 is 2.26 bits per heavy atom. The van der Waals surface area contributed by atoms with E-state index in [1.165, 1.54) is 4.68 Å². The second kappa shape index (κ2) is 7.24. The Morgan fingerprint density at radius 1 is 1.00 bits per heavy atom. The van der Waals surface area contributed by atoms with Gasteiger partial charge in [0.15, 0.2) is 0 Å². The van der Waals surface area contributed by atoms with Crippen LogP contribution in [0, 0.1) is 0 Å². The number of sulfonamides is 1. The summed E-state index contributed by atoms with van der Waals surface area (Å²) < 4.78 is 30.5. The van der Waals surface area contributed by atoms with Crippen molar-refractivity contribution >= 4 is 10.0 Å². The van der Waals surface area contributed by atoms with Gasteiger partial charge in [-0.3, -0.25) is 4.57 Å². The number of aryl methyl sites for hydroxylation is 1. The average molecular weight is 391 g/mol. The zero-order valence-electron chi connectivity index (χ0n) is 15.6. The second-order valence-corrected chi connectivity index (χ2v) is 9.50. The van der Waals surface area contributed by atoms with Crippen LogP contribution < -0.4 is 5.69 Å². The maximum Gasteiger partial charge on any atom is 0.345 e. The number of aromatic nitrogens is 3. The van der Waals surface area contributed by atoms with Crippen molar-refractivity contribution in [1.29, 1.82) is 0 Å². The molecule has 146 valence electrons. The largest absolute Gasteiger partial charge is 0.345 e. The van der Waals surface area contributed by atoms with Crippen molar-refractivity contribution in [2.75, 3.05) is 13.1 Å². The Labute approximate surface area is 159 Å². The van der Waals surface area contributed by atoms with Gasteiger partial charge in [0.2, 0.25) is 10.0 Å². The van der Waals surface area contributed by atoms with Gasteiger partial charge in [0.05, 0.1) is 4.90 Å². The normalized spacial score (nSPS) is 20.3. The molecule has 2 fully saturated rings. The Bertz CT molecular complexity index is 951. The van der Waals surface area contributed by atoms with Gasteiger partial charge in [-0.2, -0.15) is 9.40 Å². The molecule has 2 aliphatic rings. The van der Waals surface area contributed by atoms with Gasteiger partial charge in [-0.1, -0.05) is 31.0 Å². The number of benzene rings is 1. The fourth-order valence-corrected chi connectivity index (χ4v) is 5.87. The highest BCUT2D eigenvalue weighted by Crippen LogP contribution is 2.34. The number of piperidine rings is 1.